The van der Waals surface area contributed by atoms with Crippen molar-refractivity contribution in [1.82, 2.24) is 0 Å². The molecule has 0 saturated heterocycles. The van der Waals surface area contributed by atoms with Gasteiger partial charge in [-0.3, -0.25) is 0 Å². The van der Waals surface area contributed by atoms with Gasteiger partial charge in [-0.05, 0) is 26.0 Å². The zero-order valence-corrected chi connectivity index (χ0v) is 7.85. The maximum Gasteiger partial charge on any atom is 0.335 e. The highest BCUT2D eigenvalue weighted by Gasteiger charge is 2.02. The average molecular weight is 187 g/mol. The van der Waals surface area contributed by atoms with Gasteiger partial charge in [0.05, 0.1) is 5.57 Å². The summed E-state index contributed by atoms with van der Waals surface area (Å²) in [6.07, 6.45) is 2.85. The molecule has 0 aromatic heterocycles. The second-order valence-corrected chi connectivity index (χ2v) is 3.08. The third-order valence-corrected chi connectivity index (χ3v) is 1.11. The Morgan fingerprint density at radius 3 is 2.17 bits per heavy atom. The van der Waals surface area contributed by atoms with Crippen LogP contribution >= 0.6 is 11.6 Å². The zero-order chi connectivity index (χ0) is 9.72. The lowest BCUT2D eigenvalue weighted by Gasteiger charge is -1.95. The van der Waals surface area contributed by atoms with Crippen LogP contribution < -0.4 is 0 Å². The van der Waals surface area contributed by atoms with Gasteiger partial charge in [-0.1, -0.05) is 23.8 Å². The molecule has 0 aliphatic carbocycles. The Bertz CT molecular complexity index is 258. The first kappa shape index (κ1) is 11.0. The number of carboxylic acid groups (broad SMARTS) is 1. The third kappa shape index (κ3) is 4.74. The van der Waals surface area contributed by atoms with E-state index in [-0.39, 0.29) is 5.57 Å². The Labute approximate surface area is 76.8 Å². The van der Waals surface area contributed by atoms with Gasteiger partial charge in [-0.2, -0.15) is 0 Å². The summed E-state index contributed by atoms with van der Waals surface area (Å²) in [5.74, 6) is -1.00. The van der Waals surface area contributed by atoms with Crippen LogP contribution in [0.3, 0.4) is 0 Å². The van der Waals surface area contributed by atoms with Crippen molar-refractivity contribution in [3.63, 3.8) is 0 Å². The number of carbonyl (C=O) groups is 1. The molecule has 0 rings (SSSR count). The van der Waals surface area contributed by atoms with Crippen molar-refractivity contribution in [3.05, 3.63) is 34.9 Å². The Balaban J connectivity index is 4.81. The smallest absolute Gasteiger partial charge is 0.335 e. The van der Waals surface area contributed by atoms with Gasteiger partial charge in [0.15, 0.2) is 0 Å². The molecule has 0 saturated carbocycles. The standard InChI is InChI=1S/C9H11ClO2/c1-6(2)4-8(9(11)12)5-7(3)10/h4-5H,1H2,2-3H3,(H,11,12)/b7-5+,8-4+. The van der Waals surface area contributed by atoms with Crippen LogP contribution in [-0.2, 0) is 4.79 Å². The van der Waals surface area contributed by atoms with Gasteiger partial charge < -0.3 is 5.11 Å². The fraction of sp³-hybridized carbons (Fsp3) is 0.222. The van der Waals surface area contributed by atoms with Crippen molar-refractivity contribution in [2.45, 2.75) is 13.8 Å². The highest BCUT2D eigenvalue weighted by atomic mass is 35.5. The number of hydrogen-bond acceptors (Lipinski definition) is 1. The van der Waals surface area contributed by atoms with Crippen LogP contribution in [0.2, 0.25) is 0 Å². The zero-order valence-electron chi connectivity index (χ0n) is 7.10. The number of allylic oxidation sites excluding steroid dienone is 3. The molecule has 1 N–H and O–H groups in total. The predicted molar refractivity (Wildman–Crippen MR) is 50.1 cm³/mol. The van der Waals surface area contributed by atoms with Crippen molar-refractivity contribution >= 4 is 17.6 Å². The molecule has 0 spiro atoms. The Kier molecular flexibility index (Phi) is 4.37. The molecule has 0 aromatic carbocycles. The molecule has 0 aliphatic rings. The van der Waals surface area contributed by atoms with Gasteiger partial charge in [0.25, 0.3) is 0 Å². The summed E-state index contributed by atoms with van der Waals surface area (Å²) in [5.41, 5.74) is 0.830. The molecule has 0 unspecified atom stereocenters. The topological polar surface area (TPSA) is 37.3 Å². The average Bonchev–Trinajstić information content (AvgIpc) is 1.83. The molecule has 0 aromatic rings. The third-order valence-electron chi connectivity index (χ3n) is 1.00. The highest BCUT2D eigenvalue weighted by molar-refractivity contribution is 6.29. The fourth-order valence-electron chi connectivity index (χ4n) is 0.645. The van der Waals surface area contributed by atoms with E-state index in [1.54, 1.807) is 13.8 Å². The van der Waals surface area contributed by atoms with E-state index in [1.807, 2.05) is 0 Å². The largest absolute Gasteiger partial charge is 0.478 e. The van der Waals surface area contributed by atoms with Gasteiger partial charge >= 0.3 is 5.97 Å². The van der Waals surface area contributed by atoms with Crippen LogP contribution in [0, 0.1) is 0 Å². The highest BCUT2D eigenvalue weighted by Crippen LogP contribution is 2.08. The van der Waals surface area contributed by atoms with E-state index >= 15 is 0 Å². The van der Waals surface area contributed by atoms with Crippen LogP contribution in [0.5, 0.6) is 0 Å². The van der Waals surface area contributed by atoms with Crippen molar-refractivity contribution in [2.75, 3.05) is 0 Å². The van der Waals surface area contributed by atoms with Crippen molar-refractivity contribution in [3.8, 4) is 0 Å². The molecule has 66 valence electrons. The van der Waals surface area contributed by atoms with E-state index in [0.29, 0.717) is 10.6 Å². The SMILES string of the molecule is C=C(C)/C=C(\C=C(/C)Cl)C(=O)O. The van der Waals surface area contributed by atoms with E-state index in [4.69, 9.17) is 16.7 Å². The van der Waals surface area contributed by atoms with Gasteiger partial charge in [-0.25, -0.2) is 4.79 Å². The molecule has 0 radical (unpaired) electrons. The molecule has 2 nitrogen and oxygen atoms in total. The molecule has 0 heterocycles. The van der Waals surface area contributed by atoms with Crippen LogP contribution in [0.1, 0.15) is 13.8 Å². The molecule has 0 bridgehead atoms. The minimum absolute atomic E-state index is 0.148. The molecule has 0 fully saturated rings. The maximum absolute atomic E-state index is 10.6. The first-order valence-electron chi connectivity index (χ1n) is 3.37. The van der Waals surface area contributed by atoms with Crippen molar-refractivity contribution < 1.29 is 9.90 Å². The molecular weight excluding hydrogens is 176 g/mol. The number of carboxylic acids is 1. The molecule has 0 amide bonds. The van der Waals surface area contributed by atoms with Gasteiger partial charge in [0.2, 0.25) is 0 Å². The Morgan fingerprint density at radius 2 is 1.92 bits per heavy atom. The summed E-state index contributed by atoms with van der Waals surface area (Å²) in [5, 5.41) is 9.09. The Hall–Kier alpha value is -1.02. The minimum atomic E-state index is -1.00. The molecule has 0 aliphatic heterocycles. The summed E-state index contributed by atoms with van der Waals surface area (Å²) >= 11 is 5.53. The Morgan fingerprint density at radius 1 is 1.42 bits per heavy atom. The molecule has 0 atom stereocenters. The normalized spacial score (nSPS) is 12.9. The van der Waals surface area contributed by atoms with Crippen molar-refractivity contribution in [2.24, 2.45) is 0 Å². The van der Waals surface area contributed by atoms with E-state index in [2.05, 4.69) is 6.58 Å². The van der Waals surface area contributed by atoms with Gasteiger partial charge in [-0.15, -0.1) is 0 Å². The van der Waals surface area contributed by atoms with Gasteiger partial charge in [0.1, 0.15) is 0 Å². The summed E-state index contributed by atoms with van der Waals surface area (Å²) in [4.78, 5) is 10.6. The number of rotatable bonds is 3. The molecular formula is C9H11ClO2. The first-order valence-corrected chi connectivity index (χ1v) is 3.75. The van der Waals surface area contributed by atoms with E-state index in [0.717, 1.165) is 0 Å². The summed E-state index contributed by atoms with van der Waals surface area (Å²) in [6.45, 7) is 6.92. The predicted octanol–water partition coefficient (Wildman–Crippen LogP) is 2.72. The molecule has 12 heavy (non-hydrogen) atoms. The number of hydrogen-bond donors (Lipinski definition) is 1. The lowest BCUT2D eigenvalue weighted by Crippen LogP contribution is -1.97. The molecule has 3 heteroatoms. The number of aliphatic carboxylic acids is 1. The maximum atomic E-state index is 10.6. The lowest BCUT2D eigenvalue weighted by atomic mass is 10.2. The minimum Gasteiger partial charge on any atom is -0.478 e. The van der Waals surface area contributed by atoms with Crippen LogP contribution in [-0.4, -0.2) is 11.1 Å². The fourth-order valence-corrected chi connectivity index (χ4v) is 0.762. The quantitative estimate of drug-likeness (QED) is 0.544. The number of halogens is 1. The van der Waals surface area contributed by atoms with Crippen LogP contribution in [0.25, 0.3) is 0 Å². The van der Waals surface area contributed by atoms with Crippen LogP contribution in [0.15, 0.2) is 34.9 Å². The summed E-state index contributed by atoms with van der Waals surface area (Å²) < 4.78 is 0. The van der Waals surface area contributed by atoms with Gasteiger partial charge in [0, 0.05) is 5.03 Å². The first-order chi connectivity index (χ1) is 5.43. The lowest BCUT2D eigenvalue weighted by molar-refractivity contribution is -0.132. The van der Waals surface area contributed by atoms with Crippen LogP contribution in [0.4, 0.5) is 0 Å². The second kappa shape index (κ2) is 4.78. The second-order valence-electron chi connectivity index (χ2n) is 2.48. The summed E-state index contributed by atoms with van der Waals surface area (Å²) in [6, 6.07) is 0. The van der Waals surface area contributed by atoms with E-state index in [9.17, 15) is 4.79 Å². The monoisotopic (exact) mass is 186 g/mol. The van der Waals surface area contributed by atoms with Crippen molar-refractivity contribution in [1.29, 1.82) is 0 Å². The summed E-state index contributed by atoms with van der Waals surface area (Å²) in [7, 11) is 0. The van der Waals surface area contributed by atoms with E-state index < -0.39 is 5.97 Å². The van der Waals surface area contributed by atoms with E-state index in [1.165, 1.54) is 12.2 Å².